The molecule has 1 N–H and O–H groups in total. The predicted molar refractivity (Wildman–Crippen MR) is 63.9 cm³/mol. The van der Waals surface area contributed by atoms with E-state index in [0.29, 0.717) is 11.6 Å². The van der Waals surface area contributed by atoms with E-state index in [9.17, 15) is 0 Å². The maximum atomic E-state index is 8.96. The third-order valence-corrected chi connectivity index (χ3v) is 2.37. The lowest BCUT2D eigenvalue weighted by atomic mass is 10.1. The maximum Gasteiger partial charge on any atom is 0.238 e. The molecule has 0 saturated carbocycles. The molecule has 0 fully saturated rings. The van der Waals surface area contributed by atoms with Gasteiger partial charge in [-0.2, -0.15) is 0 Å². The van der Waals surface area contributed by atoms with Gasteiger partial charge >= 0.3 is 0 Å². The lowest BCUT2D eigenvalue weighted by Gasteiger charge is -2.08. The Morgan fingerprint density at radius 1 is 1.24 bits per heavy atom. The monoisotopic (exact) mass is 230 g/mol. The molecule has 1 aromatic carbocycles. The second kappa shape index (κ2) is 4.93. The predicted octanol–water partition coefficient (Wildman–Crippen LogP) is 2.38. The van der Waals surface area contributed by atoms with E-state index < -0.39 is 0 Å². The zero-order valence-corrected chi connectivity index (χ0v) is 9.84. The van der Waals surface area contributed by atoms with Crippen LogP contribution in [0.3, 0.4) is 0 Å². The van der Waals surface area contributed by atoms with Crippen molar-refractivity contribution in [1.82, 2.24) is 9.97 Å². The van der Waals surface area contributed by atoms with Crippen molar-refractivity contribution in [2.24, 2.45) is 0 Å². The summed E-state index contributed by atoms with van der Waals surface area (Å²) in [6.45, 7) is 3.87. The first-order valence-corrected chi connectivity index (χ1v) is 5.36. The van der Waals surface area contributed by atoms with Crippen LogP contribution < -0.4 is 4.74 Å². The van der Waals surface area contributed by atoms with Crippen molar-refractivity contribution in [3.8, 4) is 11.6 Å². The van der Waals surface area contributed by atoms with Crippen LogP contribution in [0.5, 0.6) is 11.6 Å². The standard InChI is InChI=1S/C13H14N2O2/c1-9-3-4-12(10(2)5-9)17-13-7-14-6-11(8-16)15-13/h3-7,16H,8H2,1-2H3. The molecule has 17 heavy (non-hydrogen) atoms. The highest BCUT2D eigenvalue weighted by Crippen LogP contribution is 2.23. The zero-order chi connectivity index (χ0) is 12.3. The van der Waals surface area contributed by atoms with Crippen molar-refractivity contribution in [1.29, 1.82) is 0 Å². The molecule has 0 aliphatic heterocycles. The van der Waals surface area contributed by atoms with Gasteiger partial charge in [0.05, 0.1) is 24.7 Å². The Morgan fingerprint density at radius 2 is 2.06 bits per heavy atom. The number of rotatable bonds is 3. The van der Waals surface area contributed by atoms with Gasteiger partial charge in [-0.3, -0.25) is 4.98 Å². The number of benzene rings is 1. The molecule has 0 radical (unpaired) electrons. The number of aryl methyl sites for hydroxylation is 2. The van der Waals surface area contributed by atoms with Gasteiger partial charge in [-0.15, -0.1) is 0 Å². The summed E-state index contributed by atoms with van der Waals surface area (Å²) in [4.78, 5) is 8.07. The van der Waals surface area contributed by atoms with E-state index in [1.807, 2.05) is 32.0 Å². The van der Waals surface area contributed by atoms with E-state index in [1.165, 1.54) is 18.0 Å². The summed E-state index contributed by atoms with van der Waals surface area (Å²) in [6, 6.07) is 5.92. The first-order valence-electron chi connectivity index (χ1n) is 5.36. The van der Waals surface area contributed by atoms with E-state index in [0.717, 1.165) is 11.3 Å². The lowest BCUT2D eigenvalue weighted by Crippen LogP contribution is -1.96. The third kappa shape index (κ3) is 2.79. The maximum absolute atomic E-state index is 8.96. The highest BCUT2D eigenvalue weighted by atomic mass is 16.5. The molecule has 4 heteroatoms. The summed E-state index contributed by atoms with van der Waals surface area (Å²) in [5.41, 5.74) is 2.72. The number of hydrogen-bond acceptors (Lipinski definition) is 4. The molecular weight excluding hydrogens is 216 g/mol. The van der Waals surface area contributed by atoms with Gasteiger partial charge in [-0.25, -0.2) is 4.98 Å². The average Bonchev–Trinajstić information content (AvgIpc) is 2.33. The molecule has 1 heterocycles. The van der Waals surface area contributed by atoms with Gasteiger partial charge in [0.15, 0.2) is 0 Å². The molecular formula is C13H14N2O2. The highest BCUT2D eigenvalue weighted by molar-refractivity contribution is 5.37. The topological polar surface area (TPSA) is 55.2 Å². The van der Waals surface area contributed by atoms with Gasteiger partial charge in [0, 0.05) is 0 Å². The molecule has 0 aliphatic carbocycles. The Labute approximate surface area is 99.9 Å². The van der Waals surface area contributed by atoms with Crippen LogP contribution in [0.4, 0.5) is 0 Å². The van der Waals surface area contributed by atoms with Gasteiger partial charge in [-0.1, -0.05) is 17.7 Å². The first kappa shape index (κ1) is 11.5. The Bertz CT molecular complexity index is 527. The van der Waals surface area contributed by atoms with Crippen LogP contribution in [0, 0.1) is 13.8 Å². The normalized spacial score (nSPS) is 10.3. The number of aromatic nitrogens is 2. The van der Waals surface area contributed by atoms with Crippen LogP contribution in [-0.2, 0) is 6.61 Å². The van der Waals surface area contributed by atoms with Crippen molar-refractivity contribution in [2.45, 2.75) is 20.5 Å². The average molecular weight is 230 g/mol. The van der Waals surface area contributed by atoms with Crippen LogP contribution in [0.15, 0.2) is 30.6 Å². The van der Waals surface area contributed by atoms with Crippen molar-refractivity contribution in [2.75, 3.05) is 0 Å². The van der Waals surface area contributed by atoms with Gasteiger partial charge in [-0.05, 0) is 25.5 Å². The fourth-order valence-corrected chi connectivity index (χ4v) is 1.54. The fourth-order valence-electron chi connectivity index (χ4n) is 1.54. The molecule has 2 rings (SSSR count). The fraction of sp³-hybridized carbons (Fsp3) is 0.231. The van der Waals surface area contributed by atoms with Crippen molar-refractivity contribution in [3.05, 3.63) is 47.4 Å². The molecule has 0 saturated heterocycles. The van der Waals surface area contributed by atoms with Crippen molar-refractivity contribution < 1.29 is 9.84 Å². The number of hydrogen-bond donors (Lipinski definition) is 1. The minimum Gasteiger partial charge on any atom is -0.437 e. The molecule has 4 nitrogen and oxygen atoms in total. The number of nitrogens with zero attached hydrogens (tertiary/aromatic N) is 2. The minimum absolute atomic E-state index is 0.142. The van der Waals surface area contributed by atoms with E-state index in [-0.39, 0.29) is 6.61 Å². The van der Waals surface area contributed by atoms with Crippen LogP contribution >= 0.6 is 0 Å². The second-order valence-corrected chi connectivity index (χ2v) is 3.88. The van der Waals surface area contributed by atoms with E-state index in [2.05, 4.69) is 9.97 Å². The summed E-state index contributed by atoms with van der Waals surface area (Å²) in [5.74, 6) is 1.14. The molecule has 0 unspecified atom stereocenters. The summed E-state index contributed by atoms with van der Waals surface area (Å²) >= 11 is 0. The van der Waals surface area contributed by atoms with Crippen molar-refractivity contribution >= 4 is 0 Å². The van der Waals surface area contributed by atoms with Gasteiger partial charge in [0.25, 0.3) is 0 Å². The summed E-state index contributed by atoms with van der Waals surface area (Å²) in [7, 11) is 0. The lowest BCUT2D eigenvalue weighted by molar-refractivity contribution is 0.274. The molecule has 0 atom stereocenters. The van der Waals surface area contributed by atoms with Gasteiger partial charge in [0.2, 0.25) is 5.88 Å². The SMILES string of the molecule is Cc1ccc(Oc2cncc(CO)n2)c(C)c1. The summed E-state index contributed by atoms with van der Waals surface area (Å²) in [6.07, 6.45) is 3.04. The minimum atomic E-state index is -0.142. The van der Waals surface area contributed by atoms with E-state index >= 15 is 0 Å². The molecule has 0 amide bonds. The zero-order valence-electron chi connectivity index (χ0n) is 9.84. The molecule has 0 aliphatic rings. The molecule has 1 aromatic heterocycles. The Kier molecular flexibility index (Phi) is 3.35. The highest BCUT2D eigenvalue weighted by Gasteiger charge is 2.04. The molecule has 2 aromatic rings. The number of aliphatic hydroxyl groups excluding tert-OH is 1. The number of ether oxygens (including phenoxy) is 1. The third-order valence-electron chi connectivity index (χ3n) is 2.37. The smallest absolute Gasteiger partial charge is 0.238 e. The molecule has 0 bridgehead atoms. The van der Waals surface area contributed by atoms with Gasteiger partial charge in [0.1, 0.15) is 5.75 Å². The van der Waals surface area contributed by atoms with Crippen molar-refractivity contribution in [3.63, 3.8) is 0 Å². The van der Waals surface area contributed by atoms with Gasteiger partial charge < -0.3 is 9.84 Å². The van der Waals surface area contributed by atoms with Crippen LogP contribution in [-0.4, -0.2) is 15.1 Å². The Balaban J connectivity index is 2.25. The summed E-state index contributed by atoms with van der Waals surface area (Å²) in [5, 5.41) is 8.96. The Hall–Kier alpha value is -1.94. The molecule has 88 valence electrons. The Morgan fingerprint density at radius 3 is 2.76 bits per heavy atom. The van der Waals surface area contributed by atoms with Crippen LogP contribution in [0.2, 0.25) is 0 Å². The largest absolute Gasteiger partial charge is 0.437 e. The second-order valence-electron chi connectivity index (χ2n) is 3.88. The summed E-state index contributed by atoms with van der Waals surface area (Å²) < 4.78 is 5.62. The van der Waals surface area contributed by atoms with E-state index in [4.69, 9.17) is 9.84 Å². The quantitative estimate of drug-likeness (QED) is 0.879. The number of aliphatic hydroxyl groups is 1. The van der Waals surface area contributed by atoms with Crippen LogP contribution in [0.1, 0.15) is 16.8 Å². The van der Waals surface area contributed by atoms with Crippen LogP contribution in [0.25, 0.3) is 0 Å². The first-order chi connectivity index (χ1) is 8.19. The molecule has 0 spiro atoms. The van der Waals surface area contributed by atoms with E-state index in [1.54, 1.807) is 0 Å².